The van der Waals surface area contributed by atoms with Crippen molar-refractivity contribution in [3.63, 3.8) is 0 Å². The first kappa shape index (κ1) is 13.5. The van der Waals surface area contributed by atoms with Gasteiger partial charge in [0.2, 0.25) is 5.91 Å². The molecular weight excluding hydrogens is 246 g/mol. The third-order valence-electron chi connectivity index (χ3n) is 1.88. The number of esters is 1. The van der Waals surface area contributed by atoms with Gasteiger partial charge >= 0.3 is 5.97 Å². The van der Waals surface area contributed by atoms with Crippen molar-refractivity contribution in [1.82, 2.24) is 9.78 Å². The fourth-order valence-corrected chi connectivity index (χ4v) is 1.34. The summed E-state index contributed by atoms with van der Waals surface area (Å²) in [7, 11) is 0. The first-order valence-electron chi connectivity index (χ1n) is 5.12. The molecule has 0 atom stereocenters. The molecule has 1 aromatic rings. The van der Waals surface area contributed by atoms with Crippen LogP contribution in [0.15, 0.2) is 6.07 Å². The molecule has 7 heteroatoms. The molecule has 17 heavy (non-hydrogen) atoms. The number of anilines is 1. The lowest BCUT2D eigenvalue weighted by atomic mass is 10.4. The Hall–Kier alpha value is -1.56. The van der Waals surface area contributed by atoms with Gasteiger partial charge in [0.1, 0.15) is 18.2 Å². The van der Waals surface area contributed by atoms with E-state index in [0.717, 1.165) is 0 Å². The number of hydrogen-bond acceptors (Lipinski definition) is 4. The molecule has 0 aliphatic carbocycles. The lowest BCUT2D eigenvalue weighted by Gasteiger charge is -2.07. The first-order valence-corrected chi connectivity index (χ1v) is 5.66. The molecule has 0 saturated carbocycles. The number of halogens is 1. The zero-order valence-corrected chi connectivity index (χ0v) is 10.5. The SMILES string of the molecule is CCOC(=O)Cn1nc(C)cc1NC(=O)CCl. The summed E-state index contributed by atoms with van der Waals surface area (Å²) in [6, 6.07) is 1.66. The van der Waals surface area contributed by atoms with Crippen LogP contribution in [0.2, 0.25) is 0 Å². The molecule has 0 radical (unpaired) electrons. The number of hydrogen-bond donors (Lipinski definition) is 1. The van der Waals surface area contributed by atoms with Gasteiger partial charge in [-0.05, 0) is 13.8 Å². The van der Waals surface area contributed by atoms with Gasteiger partial charge in [0.15, 0.2) is 0 Å². The van der Waals surface area contributed by atoms with E-state index in [0.29, 0.717) is 18.1 Å². The van der Waals surface area contributed by atoms with E-state index >= 15 is 0 Å². The Balaban J connectivity index is 2.77. The van der Waals surface area contributed by atoms with E-state index < -0.39 is 5.97 Å². The minimum Gasteiger partial charge on any atom is -0.465 e. The van der Waals surface area contributed by atoms with Crippen LogP contribution in [0.4, 0.5) is 5.82 Å². The summed E-state index contributed by atoms with van der Waals surface area (Å²) >= 11 is 5.38. The molecule has 6 nitrogen and oxygen atoms in total. The number of nitrogens with one attached hydrogen (secondary N) is 1. The summed E-state index contributed by atoms with van der Waals surface area (Å²) in [6.45, 7) is 3.75. The van der Waals surface area contributed by atoms with E-state index in [1.54, 1.807) is 19.9 Å². The van der Waals surface area contributed by atoms with Crippen LogP contribution < -0.4 is 5.32 Å². The molecule has 0 bridgehead atoms. The minimum absolute atomic E-state index is 0.0421. The van der Waals surface area contributed by atoms with Gasteiger partial charge in [0, 0.05) is 6.07 Å². The number of rotatable bonds is 5. The van der Waals surface area contributed by atoms with Crippen molar-refractivity contribution in [3.05, 3.63) is 11.8 Å². The van der Waals surface area contributed by atoms with Crippen LogP contribution >= 0.6 is 11.6 Å². The molecular formula is C10H14ClN3O3. The van der Waals surface area contributed by atoms with E-state index in [-0.39, 0.29) is 18.3 Å². The highest BCUT2D eigenvalue weighted by molar-refractivity contribution is 6.29. The smallest absolute Gasteiger partial charge is 0.327 e. The summed E-state index contributed by atoms with van der Waals surface area (Å²) in [5.74, 6) is -0.473. The average Bonchev–Trinajstić information content (AvgIpc) is 2.59. The largest absolute Gasteiger partial charge is 0.465 e. The van der Waals surface area contributed by atoms with Crippen LogP contribution in [0.3, 0.4) is 0 Å². The standard InChI is InChI=1S/C10H14ClN3O3/c1-3-17-10(16)6-14-8(4-7(2)13-14)12-9(15)5-11/h4H,3,5-6H2,1-2H3,(H,12,15). The van der Waals surface area contributed by atoms with Crippen LogP contribution in [0.1, 0.15) is 12.6 Å². The molecule has 0 aliphatic rings. The van der Waals surface area contributed by atoms with Crippen LogP contribution in [0, 0.1) is 6.92 Å². The molecule has 0 spiro atoms. The van der Waals surface area contributed by atoms with Crippen LogP contribution in [0.25, 0.3) is 0 Å². The van der Waals surface area contributed by atoms with Gasteiger partial charge in [-0.1, -0.05) is 0 Å². The summed E-state index contributed by atoms with van der Waals surface area (Å²) in [5.41, 5.74) is 0.694. The second kappa shape index (κ2) is 6.24. The molecule has 1 amide bonds. The fraction of sp³-hybridized carbons (Fsp3) is 0.500. The minimum atomic E-state index is -0.406. The Morgan fingerprint density at radius 2 is 2.29 bits per heavy atom. The molecule has 1 aromatic heterocycles. The Bertz CT molecular complexity index is 417. The van der Waals surface area contributed by atoms with E-state index in [2.05, 4.69) is 10.4 Å². The van der Waals surface area contributed by atoms with Crippen molar-refractivity contribution in [2.75, 3.05) is 17.8 Å². The van der Waals surface area contributed by atoms with Crippen molar-refractivity contribution in [3.8, 4) is 0 Å². The number of carbonyl (C=O) groups excluding carboxylic acids is 2. The molecule has 0 aromatic carbocycles. The normalized spacial score (nSPS) is 10.1. The van der Waals surface area contributed by atoms with Crippen molar-refractivity contribution < 1.29 is 14.3 Å². The highest BCUT2D eigenvalue weighted by atomic mass is 35.5. The van der Waals surface area contributed by atoms with Gasteiger partial charge in [-0.25, -0.2) is 4.68 Å². The van der Waals surface area contributed by atoms with Gasteiger partial charge in [-0.15, -0.1) is 11.6 Å². The maximum absolute atomic E-state index is 11.3. The number of amides is 1. The zero-order chi connectivity index (χ0) is 12.8. The maximum Gasteiger partial charge on any atom is 0.327 e. The number of alkyl halides is 1. The average molecular weight is 260 g/mol. The molecule has 1 rings (SSSR count). The number of ether oxygens (including phenoxy) is 1. The van der Waals surface area contributed by atoms with Gasteiger partial charge in [-0.3, -0.25) is 9.59 Å². The quantitative estimate of drug-likeness (QED) is 0.631. The van der Waals surface area contributed by atoms with Gasteiger partial charge in [0.25, 0.3) is 0 Å². The van der Waals surface area contributed by atoms with Crippen molar-refractivity contribution >= 4 is 29.3 Å². The third kappa shape index (κ3) is 4.07. The topological polar surface area (TPSA) is 73.2 Å². The number of aryl methyl sites for hydroxylation is 1. The molecule has 1 heterocycles. The molecule has 0 unspecified atom stereocenters. The predicted octanol–water partition coefficient (Wildman–Crippen LogP) is 0.932. The number of carbonyl (C=O) groups is 2. The van der Waals surface area contributed by atoms with Crippen LogP contribution in [-0.4, -0.2) is 34.1 Å². The second-order valence-electron chi connectivity index (χ2n) is 3.32. The highest BCUT2D eigenvalue weighted by Crippen LogP contribution is 2.10. The summed E-state index contributed by atoms with van der Waals surface area (Å²) in [6.07, 6.45) is 0. The Morgan fingerprint density at radius 1 is 1.59 bits per heavy atom. The Labute approximate surface area is 104 Å². The first-order chi connectivity index (χ1) is 8.06. The van der Waals surface area contributed by atoms with Crippen LogP contribution in [-0.2, 0) is 20.9 Å². The number of nitrogens with zero attached hydrogens (tertiary/aromatic N) is 2. The lowest BCUT2D eigenvalue weighted by Crippen LogP contribution is -2.20. The summed E-state index contributed by atoms with van der Waals surface area (Å²) in [5, 5.41) is 6.63. The summed E-state index contributed by atoms with van der Waals surface area (Å²) < 4.78 is 6.18. The van der Waals surface area contributed by atoms with E-state index in [4.69, 9.17) is 16.3 Å². The molecule has 0 aliphatic heterocycles. The molecule has 0 fully saturated rings. The highest BCUT2D eigenvalue weighted by Gasteiger charge is 2.12. The van der Waals surface area contributed by atoms with E-state index in [1.165, 1.54) is 4.68 Å². The van der Waals surface area contributed by atoms with Crippen molar-refractivity contribution in [1.29, 1.82) is 0 Å². The molecule has 0 saturated heterocycles. The summed E-state index contributed by atoms with van der Waals surface area (Å²) in [4.78, 5) is 22.5. The van der Waals surface area contributed by atoms with Crippen molar-refractivity contribution in [2.45, 2.75) is 20.4 Å². The second-order valence-corrected chi connectivity index (χ2v) is 3.58. The van der Waals surface area contributed by atoms with Crippen LogP contribution in [0.5, 0.6) is 0 Å². The predicted molar refractivity (Wildman–Crippen MR) is 62.9 cm³/mol. The maximum atomic E-state index is 11.3. The van der Waals surface area contributed by atoms with Crippen molar-refractivity contribution in [2.24, 2.45) is 0 Å². The number of aromatic nitrogens is 2. The Morgan fingerprint density at radius 3 is 2.88 bits per heavy atom. The fourth-order valence-electron chi connectivity index (χ4n) is 1.27. The van der Waals surface area contributed by atoms with E-state index in [1.807, 2.05) is 0 Å². The molecule has 1 N–H and O–H groups in total. The van der Waals surface area contributed by atoms with Gasteiger partial charge in [-0.2, -0.15) is 5.10 Å². The van der Waals surface area contributed by atoms with Gasteiger partial charge < -0.3 is 10.1 Å². The van der Waals surface area contributed by atoms with Gasteiger partial charge in [0.05, 0.1) is 12.3 Å². The molecule has 94 valence electrons. The van der Waals surface area contributed by atoms with E-state index in [9.17, 15) is 9.59 Å². The zero-order valence-electron chi connectivity index (χ0n) is 9.70. The Kier molecular flexibility index (Phi) is 4.96. The monoisotopic (exact) mass is 259 g/mol. The lowest BCUT2D eigenvalue weighted by molar-refractivity contribution is -0.144. The third-order valence-corrected chi connectivity index (χ3v) is 2.12.